The number of para-hydroxylation sites is 2. The van der Waals surface area contributed by atoms with Crippen molar-refractivity contribution in [3.63, 3.8) is 0 Å². The Morgan fingerprint density at radius 2 is 2.00 bits per heavy atom. The van der Waals surface area contributed by atoms with Crippen molar-refractivity contribution >= 4 is 11.0 Å². The SMILES string of the molecule is CCC(C)(CN)c1nc2ccccc2n1C(C)C. The molecule has 1 heterocycles. The normalized spacial score (nSPS) is 15.2. The molecule has 0 aliphatic rings. The van der Waals surface area contributed by atoms with E-state index in [1.807, 2.05) is 6.07 Å². The number of nitrogens with two attached hydrogens (primary N) is 1. The fourth-order valence-electron chi connectivity index (χ4n) is 2.39. The molecule has 0 fully saturated rings. The molecule has 1 aromatic heterocycles. The molecule has 98 valence electrons. The molecule has 0 aliphatic heterocycles. The molecule has 2 N–H and O–H groups in total. The van der Waals surface area contributed by atoms with Gasteiger partial charge in [-0.25, -0.2) is 4.98 Å². The zero-order valence-corrected chi connectivity index (χ0v) is 11.8. The lowest BCUT2D eigenvalue weighted by atomic mass is 9.86. The van der Waals surface area contributed by atoms with Crippen molar-refractivity contribution in [2.45, 2.75) is 45.6 Å². The third-order valence-corrected chi connectivity index (χ3v) is 3.88. The van der Waals surface area contributed by atoms with Gasteiger partial charge in [0.2, 0.25) is 0 Å². The van der Waals surface area contributed by atoms with Gasteiger partial charge in [-0.2, -0.15) is 0 Å². The number of benzene rings is 1. The number of hydrogen-bond donors (Lipinski definition) is 1. The van der Waals surface area contributed by atoms with Crippen LogP contribution in [0.15, 0.2) is 24.3 Å². The molecule has 2 aromatic rings. The van der Waals surface area contributed by atoms with Crippen LogP contribution in [0.25, 0.3) is 11.0 Å². The molecule has 0 saturated carbocycles. The van der Waals surface area contributed by atoms with Crippen LogP contribution in [0.5, 0.6) is 0 Å². The molecule has 1 atom stereocenters. The van der Waals surface area contributed by atoms with Crippen LogP contribution in [0.1, 0.15) is 46.0 Å². The molecule has 1 unspecified atom stereocenters. The van der Waals surface area contributed by atoms with Gasteiger partial charge in [-0.05, 0) is 32.4 Å². The standard InChI is InChI=1S/C15H23N3/c1-5-15(4,10-16)14-17-12-8-6-7-9-13(12)18(14)11(2)3/h6-9,11H,5,10,16H2,1-4H3. The monoisotopic (exact) mass is 245 g/mol. The minimum absolute atomic E-state index is 0.0523. The summed E-state index contributed by atoms with van der Waals surface area (Å²) in [6.45, 7) is 9.40. The van der Waals surface area contributed by atoms with Crippen molar-refractivity contribution in [2.75, 3.05) is 6.54 Å². The van der Waals surface area contributed by atoms with Crippen LogP contribution in [0, 0.1) is 0 Å². The topological polar surface area (TPSA) is 43.8 Å². The summed E-state index contributed by atoms with van der Waals surface area (Å²) in [7, 11) is 0. The fourth-order valence-corrected chi connectivity index (χ4v) is 2.39. The van der Waals surface area contributed by atoms with E-state index in [9.17, 15) is 0 Å². The quantitative estimate of drug-likeness (QED) is 0.898. The van der Waals surface area contributed by atoms with Crippen LogP contribution in [0.3, 0.4) is 0 Å². The summed E-state index contributed by atoms with van der Waals surface area (Å²) in [5.41, 5.74) is 8.20. The Morgan fingerprint density at radius 1 is 1.33 bits per heavy atom. The molecule has 0 radical (unpaired) electrons. The molecule has 0 aliphatic carbocycles. The second kappa shape index (κ2) is 4.73. The number of nitrogens with zero attached hydrogens (tertiary/aromatic N) is 2. The highest BCUT2D eigenvalue weighted by Crippen LogP contribution is 2.31. The first-order valence-corrected chi connectivity index (χ1v) is 6.71. The van der Waals surface area contributed by atoms with Crippen LogP contribution in [-0.2, 0) is 5.41 Å². The molecule has 0 amide bonds. The molecule has 0 bridgehead atoms. The number of fused-ring (bicyclic) bond motifs is 1. The lowest BCUT2D eigenvalue weighted by Gasteiger charge is -2.28. The first-order valence-electron chi connectivity index (χ1n) is 6.71. The van der Waals surface area contributed by atoms with E-state index in [1.165, 1.54) is 5.52 Å². The summed E-state index contributed by atoms with van der Waals surface area (Å²) < 4.78 is 2.33. The van der Waals surface area contributed by atoms with Gasteiger partial charge in [-0.15, -0.1) is 0 Å². The second-order valence-corrected chi connectivity index (χ2v) is 5.51. The molecule has 3 heteroatoms. The molecule has 0 spiro atoms. The summed E-state index contributed by atoms with van der Waals surface area (Å²) in [6.07, 6.45) is 1.000. The Kier molecular flexibility index (Phi) is 3.44. The molecular weight excluding hydrogens is 222 g/mol. The van der Waals surface area contributed by atoms with Crippen molar-refractivity contribution in [1.29, 1.82) is 0 Å². The van der Waals surface area contributed by atoms with Crippen LogP contribution >= 0.6 is 0 Å². The molecule has 2 rings (SSSR count). The summed E-state index contributed by atoms with van der Waals surface area (Å²) >= 11 is 0. The summed E-state index contributed by atoms with van der Waals surface area (Å²) in [6, 6.07) is 8.71. The van der Waals surface area contributed by atoms with Crippen molar-refractivity contribution in [2.24, 2.45) is 5.73 Å². The van der Waals surface area contributed by atoms with Gasteiger partial charge in [-0.3, -0.25) is 0 Å². The smallest absolute Gasteiger partial charge is 0.117 e. The Labute approximate surface area is 109 Å². The Bertz CT molecular complexity index is 536. The predicted octanol–water partition coefficient (Wildman–Crippen LogP) is 3.24. The average Bonchev–Trinajstić information content (AvgIpc) is 2.77. The minimum Gasteiger partial charge on any atom is -0.329 e. The maximum Gasteiger partial charge on any atom is 0.117 e. The van der Waals surface area contributed by atoms with Crippen molar-refractivity contribution in [3.8, 4) is 0 Å². The van der Waals surface area contributed by atoms with Gasteiger partial charge in [-0.1, -0.05) is 26.0 Å². The molecule has 3 nitrogen and oxygen atoms in total. The van der Waals surface area contributed by atoms with Gasteiger partial charge < -0.3 is 10.3 Å². The number of hydrogen-bond acceptors (Lipinski definition) is 2. The molecule has 0 saturated heterocycles. The van der Waals surface area contributed by atoms with E-state index in [1.54, 1.807) is 0 Å². The first kappa shape index (κ1) is 13.1. The zero-order valence-electron chi connectivity index (χ0n) is 11.8. The van der Waals surface area contributed by atoms with Crippen molar-refractivity contribution in [3.05, 3.63) is 30.1 Å². The lowest BCUT2D eigenvalue weighted by molar-refractivity contribution is 0.405. The van der Waals surface area contributed by atoms with Crippen molar-refractivity contribution < 1.29 is 0 Å². The summed E-state index contributed by atoms with van der Waals surface area (Å²) in [4.78, 5) is 4.83. The number of aromatic nitrogens is 2. The lowest BCUT2D eigenvalue weighted by Crippen LogP contribution is -2.34. The van der Waals surface area contributed by atoms with E-state index in [4.69, 9.17) is 10.7 Å². The fraction of sp³-hybridized carbons (Fsp3) is 0.533. The van der Waals surface area contributed by atoms with Gasteiger partial charge in [0.1, 0.15) is 5.82 Å². The predicted molar refractivity (Wildman–Crippen MR) is 76.8 cm³/mol. The summed E-state index contributed by atoms with van der Waals surface area (Å²) in [5.74, 6) is 1.11. The first-order chi connectivity index (χ1) is 8.53. The van der Waals surface area contributed by atoms with Gasteiger partial charge in [0.25, 0.3) is 0 Å². The van der Waals surface area contributed by atoms with Crippen molar-refractivity contribution in [1.82, 2.24) is 9.55 Å². The molecule has 1 aromatic carbocycles. The highest BCUT2D eigenvalue weighted by atomic mass is 15.1. The number of rotatable bonds is 4. The van der Waals surface area contributed by atoms with Crippen LogP contribution in [0.2, 0.25) is 0 Å². The van der Waals surface area contributed by atoms with Gasteiger partial charge >= 0.3 is 0 Å². The number of imidazole rings is 1. The van der Waals surface area contributed by atoms with E-state index in [-0.39, 0.29) is 5.41 Å². The van der Waals surface area contributed by atoms with E-state index in [0.29, 0.717) is 12.6 Å². The Morgan fingerprint density at radius 3 is 2.56 bits per heavy atom. The van der Waals surface area contributed by atoms with Gasteiger partial charge in [0.15, 0.2) is 0 Å². The highest BCUT2D eigenvalue weighted by molar-refractivity contribution is 5.76. The largest absolute Gasteiger partial charge is 0.329 e. The molecular formula is C15H23N3. The zero-order chi connectivity index (χ0) is 13.3. The average molecular weight is 245 g/mol. The third kappa shape index (κ3) is 1.93. The third-order valence-electron chi connectivity index (χ3n) is 3.88. The van der Waals surface area contributed by atoms with E-state index in [2.05, 4.69) is 50.5 Å². The van der Waals surface area contributed by atoms with Gasteiger partial charge in [0.05, 0.1) is 11.0 Å². The highest BCUT2D eigenvalue weighted by Gasteiger charge is 2.30. The minimum atomic E-state index is -0.0523. The Balaban J connectivity index is 2.74. The second-order valence-electron chi connectivity index (χ2n) is 5.51. The van der Waals surface area contributed by atoms with E-state index in [0.717, 1.165) is 17.8 Å². The van der Waals surface area contributed by atoms with Gasteiger partial charge in [0, 0.05) is 18.0 Å². The van der Waals surface area contributed by atoms with E-state index < -0.39 is 0 Å². The van der Waals surface area contributed by atoms with E-state index >= 15 is 0 Å². The maximum absolute atomic E-state index is 5.99. The van der Waals surface area contributed by atoms with Crippen LogP contribution < -0.4 is 5.73 Å². The van der Waals surface area contributed by atoms with Crippen LogP contribution in [0.4, 0.5) is 0 Å². The summed E-state index contributed by atoms with van der Waals surface area (Å²) in [5, 5.41) is 0. The molecule has 18 heavy (non-hydrogen) atoms. The Hall–Kier alpha value is -1.35. The maximum atomic E-state index is 5.99. The van der Waals surface area contributed by atoms with Crippen LogP contribution in [-0.4, -0.2) is 16.1 Å².